The maximum Gasteiger partial charge on any atom is 0.319 e. The molecule has 0 N–H and O–H groups in total. The number of hydrogen-bond donors (Lipinski definition) is 0. The second-order valence-corrected chi connectivity index (χ2v) is 3.85. The maximum absolute atomic E-state index is 11.6. The van der Waals surface area contributed by atoms with E-state index in [1.807, 2.05) is 12.1 Å². The van der Waals surface area contributed by atoms with E-state index in [-0.39, 0.29) is 6.03 Å². The first-order valence-electron chi connectivity index (χ1n) is 4.96. The van der Waals surface area contributed by atoms with Crippen molar-refractivity contribution in [1.82, 2.24) is 9.80 Å². The third kappa shape index (κ3) is 2.99. The Bertz CT molecular complexity index is 421. The van der Waals surface area contributed by atoms with Crippen molar-refractivity contribution < 1.29 is 4.79 Å². The van der Waals surface area contributed by atoms with Crippen LogP contribution in [0.1, 0.15) is 11.1 Å². The van der Waals surface area contributed by atoms with Gasteiger partial charge < -0.3 is 9.80 Å². The Kier molecular flexibility index (Phi) is 3.90. The van der Waals surface area contributed by atoms with E-state index >= 15 is 0 Å². The number of amides is 2. The van der Waals surface area contributed by atoms with Crippen LogP contribution in [0.5, 0.6) is 0 Å². The minimum atomic E-state index is -0.0534. The number of nitrogens with zero attached hydrogens (tertiary/aromatic N) is 3. The van der Waals surface area contributed by atoms with Gasteiger partial charge in [-0.15, -0.1) is 0 Å². The SMILES string of the molecule is CN(C)C(=O)N(C)Cc1cccc(C#N)c1. The van der Waals surface area contributed by atoms with Crippen molar-refractivity contribution in [3.05, 3.63) is 35.4 Å². The second kappa shape index (κ2) is 5.17. The van der Waals surface area contributed by atoms with Crippen molar-refractivity contribution in [3.63, 3.8) is 0 Å². The zero-order valence-electron chi connectivity index (χ0n) is 9.77. The van der Waals surface area contributed by atoms with Gasteiger partial charge >= 0.3 is 6.03 Å². The monoisotopic (exact) mass is 217 g/mol. The molecular formula is C12H15N3O. The van der Waals surface area contributed by atoms with Crippen LogP contribution in [0.3, 0.4) is 0 Å². The molecule has 0 aliphatic carbocycles. The Labute approximate surface area is 95.7 Å². The summed E-state index contributed by atoms with van der Waals surface area (Å²) in [4.78, 5) is 14.7. The van der Waals surface area contributed by atoms with Crippen LogP contribution < -0.4 is 0 Å². The van der Waals surface area contributed by atoms with E-state index in [4.69, 9.17) is 5.26 Å². The Morgan fingerprint density at radius 1 is 1.38 bits per heavy atom. The molecule has 0 aliphatic rings. The first-order valence-corrected chi connectivity index (χ1v) is 4.96. The average Bonchev–Trinajstić information content (AvgIpc) is 2.28. The summed E-state index contributed by atoms with van der Waals surface area (Å²) in [5.74, 6) is 0. The molecule has 1 aromatic carbocycles. The molecule has 0 aromatic heterocycles. The molecule has 1 aromatic rings. The van der Waals surface area contributed by atoms with Gasteiger partial charge in [0.25, 0.3) is 0 Å². The topological polar surface area (TPSA) is 47.3 Å². The van der Waals surface area contributed by atoms with Gasteiger partial charge in [0, 0.05) is 27.7 Å². The number of benzene rings is 1. The third-order valence-corrected chi connectivity index (χ3v) is 2.18. The van der Waals surface area contributed by atoms with Crippen LogP contribution in [0.25, 0.3) is 0 Å². The Balaban J connectivity index is 2.74. The van der Waals surface area contributed by atoms with Crippen LogP contribution in [0.15, 0.2) is 24.3 Å². The molecule has 16 heavy (non-hydrogen) atoms. The fraction of sp³-hybridized carbons (Fsp3) is 0.333. The van der Waals surface area contributed by atoms with Gasteiger partial charge in [0.15, 0.2) is 0 Å². The summed E-state index contributed by atoms with van der Waals surface area (Å²) >= 11 is 0. The first-order chi connectivity index (χ1) is 7.54. The molecule has 0 saturated carbocycles. The second-order valence-electron chi connectivity index (χ2n) is 3.85. The van der Waals surface area contributed by atoms with Crippen molar-refractivity contribution in [3.8, 4) is 6.07 Å². The molecule has 0 heterocycles. The minimum Gasteiger partial charge on any atom is -0.331 e. The fourth-order valence-electron chi connectivity index (χ4n) is 1.42. The van der Waals surface area contributed by atoms with Crippen molar-refractivity contribution >= 4 is 6.03 Å². The molecule has 4 heteroatoms. The number of hydrogen-bond acceptors (Lipinski definition) is 2. The highest BCUT2D eigenvalue weighted by molar-refractivity contribution is 5.73. The third-order valence-electron chi connectivity index (χ3n) is 2.18. The van der Waals surface area contributed by atoms with Crippen molar-refractivity contribution in [2.24, 2.45) is 0 Å². The lowest BCUT2D eigenvalue weighted by molar-refractivity contribution is 0.180. The van der Waals surface area contributed by atoms with Crippen LogP contribution in [-0.4, -0.2) is 37.0 Å². The Hall–Kier alpha value is -2.02. The summed E-state index contributed by atoms with van der Waals surface area (Å²) in [5, 5.41) is 8.75. The highest BCUT2D eigenvalue weighted by Gasteiger charge is 2.10. The normalized spacial score (nSPS) is 9.38. The fourth-order valence-corrected chi connectivity index (χ4v) is 1.42. The summed E-state index contributed by atoms with van der Waals surface area (Å²) in [6.45, 7) is 0.506. The first kappa shape index (κ1) is 12.1. The predicted octanol–water partition coefficient (Wildman–Crippen LogP) is 1.67. The van der Waals surface area contributed by atoms with Crippen LogP contribution in [0.4, 0.5) is 4.79 Å². The van der Waals surface area contributed by atoms with Crippen LogP contribution in [0.2, 0.25) is 0 Å². The molecule has 1 rings (SSSR count). The number of carbonyl (C=O) groups excluding carboxylic acids is 1. The van der Waals surface area contributed by atoms with E-state index in [2.05, 4.69) is 6.07 Å². The molecule has 0 atom stereocenters. The average molecular weight is 217 g/mol. The van der Waals surface area contributed by atoms with Crippen molar-refractivity contribution in [2.45, 2.75) is 6.54 Å². The van der Waals surface area contributed by atoms with Crippen LogP contribution in [-0.2, 0) is 6.54 Å². The van der Waals surface area contributed by atoms with Gasteiger partial charge in [-0.3, -0.25) is 0 Å². The zero-order valence-corrected chi connectivity index (χ0v) is 9.77. The Morgan fingerprint density at radius 2 is 2.06 bits per heavy atom. The summed E-state index contributed by atoms with van der Waals surface area (Å²) < 4.78 is 0. The number of nitriles is 1. The minimum absolute atomic E-state index is 0.0534. The molecule has 84 valence electrons. The van der Waals surface area contributed by atoms with Crippen molar-refractivity contribution in [2.75, 3.05) is 21.1 Å². The molecule has 0 fully saturated rings. The molecular weight excluding hydrogens is 202 g/mol. The lowest BCUT2D eigenvalue weighted by Gasteiger charge is -2.21. The molecule has 0 radical (unpaired) electrons. The molecule has 0 aliphatic heterocycles. The van der Waals surface area contributed by atoms with Gasteiger partial charge in [-0.25, -0.2) is 4.79 Å². The molecule has 0 saturated heterocycles. The van der Waals surface area contributed by atoms with E-state index < -0.39 is 0 Å². The van der Waals surface area contributed by atoms with E-state index in [0.717, 1.165) is 5.56 Å². The van der Waals surface area contributed by atoms with Crippen LogP contribution >= 0.6 is 0 Å². The maximum atomic E-state index is 11.6. The number of rotatable bonds is 2. The highest BCUT2D eigenvalue weighted by Crippen LogP contribution is 2.07. The quantitative estimate of drug-likeness (QED) is 0.756. The number of carbonyl (C=O) groups is 1. The summed E-state index contributed by atoms with van der Waals surface area (Å²) in [6.07, 6.45) is 0. The smallest absolute Gasteiger partial charge is 0.319 e. The summed E-state index contributed by atoms with van der Waals surface area (Å²) in [6, 6.07) is 9.29. The molecule has 2 amide bonds. The molecule has 0 spiro atoms. The van der Waals surface area contributed by atoms with Gasteiger partial charge in [-0.1, -0.05) is 12.1 Å². The largest absolute Gasteiger partial charge is 0.331 e. The van der Waals surface area contributed by atoms with Gasteiger partial charge in [-0.05, 0) is 17.7 Å². The molecule has 0 bridgehead atoms. The van der Waals surface area contributed by atoms with Gasteiger partial charge in [0.05, 0.1) is 11.6 Å². The standard InChI is InChI=1S/C12H15N3O/c1-14(2)12(16)15(3)9-11-6-4-5-10(7-11)8-13/h4-7H,9H2,1-3H3. The van der Waals surface area contributed by atoms with Crippen LogP contribution in [0, 0.1) is 11.3 Å². The van der Waals surface area contributed by atoms with Gasteiger partial charge in [0.1, 0.15) is 0 Å². The summed E-state index contributed by atoms with van der Waals surface area (Å²) in [7, 11) is 5.16. The zero-order chi connectivity index (χ0) is 12.1. The lowest BCUT2D eigenvalue weighted by Crippen LogP contribution is -2.35. The van der Waals surface area contributed by atoms with Gasteiger partial charge in [-0.2, -0.15) is 5.26 Å². The predicted molar refractivity (Wildman–Crippen MR) is 61.7 cm³/mol. The molecule has 0 unspecified atom stereocenters. The van der Waals surface area contributed by atoms with Crippen molar-refractivity contribution in [1.29, 1.82) is 5.26 Å². The Morgan fingerprint density at radius 3 is 2.62 bits per heavy atom. The van der Waals surface area contributed by atoms with E-state index in [9.17, 15) is 4.79 Å². The van der Waals surface area contributed by atoms with E-state index in [1.165, 1.54) is 4.90 Å². The highest BCUT2D eigenvalue weighted by atomic mass is 16.2. The van der Waals surface area contributed by atoms with Gasteiger partial charge in [0.2, 0.25) is 0 Å². The summed E-state index contributed by atoms with van der Waals surface area (Å²) in [5.41, 5.74) is 1.57. The van der Waals surface area contributed by atoms with E-state index in [0.29, 0.717) is 12.1 Å². The molecule has 4 nitrogen and oxygen atoms in total. The number of urea groups is 1. The lowest BCUT2D eigenvalue weighted by atomic mass is 10.1. The van der Waals surface area contributed by atoms with E-state index in [1.54, 1.807) is 38.2 Å².